The van der Waals surface area contributed by atoms with E-state index < -0.39 is 0 Å². The molecule has 0 bridgehead atoms. The largest absolute Gasteiger partial charge is 0.508 e. The van der Waals surface area contributed by atoms with Crippen LogP contribution in [-0.4, -0.2) is 5.11 Å². The lowest BCUT2D eigenvalue weighted by molar-refractivity contribution is 0.306. The zero-order valence-corrected chi connectivity index (χ0v) is 12.7. The number of hydrogen-bond acceptors (Lipinski definition) is 2. The highest BCUT2D eigenvalue weighted by molar-refractivity contribution is 9.10. The van der Waals surface area contributed by atoms with Crippen molar-refractivity contribution in [3.8, 4) is 11.5 Å². The normalized spacial score (nSPS) is 10.3. The second-order valence-corrected chi connectivity index (χ2v) is 5.26. The van der Waals surface area contributed by atoms with E-state index in [0.717, 1.165) is 26.7 Å². The van der Waals surface area contributed by atoms with Crippen LogP contribution in [0.1, 0.15) is 11.1 Å². The Morgan fingerprint density at radius 1 is 1.06 bits per heavy atom. The van der Waals surface area contributed by atoms with Gasteiger partial charge in [-0.05, 0) is 41.5 Å². The van der Waals surface area contributed by atoms with Crippen LogP contribution in [0.25, 0.3) is 0 Å². The van der Waals surface area contributed by atoms with Crippen LogP contribution in [-0.2, 0) is 11.9 Å². The lowest BCUT2D eigenvalue weighted by Crippen LogP contribution is -1.95. The molecule has 0 spiro atoms. The maximum atomic E-state index is 9.19. The van der Waals surface area contributed by atoms with E-state index in [1.54, 1.807) is 12.1 Å². The van der Waals surface area contributed by atoms with E-state index in [2.05, 4.69) is 31.9 Å². The third-order valence-corrected chi connectivity index (χ3v) is 3.88. The minimum atomic E-state index is 0.268. The number of rotatable bonds is 4. The molecule has 2 aromatic carbocycles. The van der Waals surface area contributed by atoms with Gasteiger partial charge in [-0.2, -0.15) is 0 Å². The van der Waals surface area contributed by atoms with Crippen LogP contribution in [0.4, 0.5) is 0 Å². The average molecular weight is 372 g/mol. The molecular formula is C14H12Br2O2. The minimum Gasteiger partial charge on any atom is -0.508 e. The van der Waals surface area contributed by atoms with Gasteiger partial charge >= 0.3 is 0 Å². The Bertz CT molecular complexity index is 524. The lowest BCUT2D eigenvalue weighted by atomic mass is 10.2. The van der Waals surface area contributed by atoms with Crippen molar-refractivity contribution in [2.75, 3.05) is 0 Å². The molecule has 0 saturated heterocycles. The van der Waals surface area contributed by atoms with Crippen LogP contribution in [0.5, 0.6) is 11.5 Å². The standard InChI is InChI=1S/C14H12Br2O2/c15-8-11-7-13(5-6-14(11)16)18-9-10-1-3-12(17)4-2-10/h1-7,17H,8-9H2. The predicted molar refractivity (Wildman–Crippen MR) is 79.2 cm³/mol. The molecule has 94 valence electrons. The molecule has 0 aliphatic heterocycles. The molecule has 4 heteroatoms. The third-order valence-electron chi connectivity index (χ3n) is 2.50. The van der Waals surface area contributed by atoms with Crippen molar-refractivity contribution >= 4 is 31.9 Å². The van der Waals surface area contributed by atoms with Crippen molar-refractivity contribution in [1.29, 1.82) is 0 Å². The Labute approximate surface area is 123 Å². The smallest absolute Gasteiger partial charge is 0.120 e. The molecule has 2 aromatic rings. The fourth-order valence-corrected chi connectivity index (χ4v) is 2.73. The van der Waals surface area contributed by atoms with Gasteiger partial charge in [0.25, 0.3) is 0 Å². The van der Waals surface area contributed by atoms with Gasteiger partial charge in [-0.15, -0.1) is 0 Å². The summed E-state index contributed by atoms with van der Waals surface area (Å²) in [6, 6.07) is 12.9. The molecule has 2 rings (SSSR count). The number of hydrogen-bond donors (Lipinski definition) is 1. The van der Waals surface area contributed by atoms with Crippen molar-refractivity contribution in [2.45, 2.75) is 11.9 Å². The van der Waals surface area contributed by atoms with Gasteiger partial charge in [-0.3, -0.25) is 0 Å². The van der Waals surface area contributed by atoms with Gasteiger partial charge in [0.05, 0.1) is 0 Å². The van der Waals surface area contributed by atoms with E-state index in [1.165, 1.54) is 0 Å². The summed E-state index contributed by atoms with van der Waals surface area (Å²) >= 11 is 6.91. The lowest BCUT2D eigenvalue weighted by Gasteiger charge is -2.08. The fourth-order valence-electron chi connectivity index (χ4n) is 1.50. The van der Waals surface area contributed by atoms with Crippen LogP contribution in [0.3, 0.4) is 0 Å². The first-order valence-electron chi connectivity index (χ1n) is 5.44. The van der Waals surface area contributed by atoms with Gasteiger partial charge < -0.3 is 9.84 Å². The Morgan fingerprint density at radius 3 is 2.44 bits per heavy atom. The number of ether oxygens (including phenoxy) is 1. The van der Waals surface area contributed by atoms with Crippen molar-refractivity contribution in [3.05, 3.63) is 58.1 Å². The summed E-state index contributed by atoms with van der Waals surface area (Å²) in [5.74, 6) is 1.10. The van der Waals surface area contributed by atoms with Crippen LogP contribution in [0.2, 0.25) is 0 Å². The second kappa shape index (κ2) is 6.25. The molecule has 0 aliphatic rings. The Balaban J connectivity index is 2.04. The van der Waals surface area contributed by atoms with E-state index in [4.69, 9.17) is 4.74 Å². The number of aromatic hydroxyl groups is 1. The number of phenols is 1. The van der Waals surface area contributed by atoms with Crippen LogP contribution < -0.4 is 4.74 Å². The van der Waals surface area contributed by atoms with E-state index >= 15 is 0 Å². The van der Waals surface area contributed by atoms with E-state index in [1.807, 2.05) is 30.3 Å². The summed E-state index contributed by atoms with van der Waals surface area (Å²) in [5.41, 5.74) is 2.18. The molecule has 2 nitrogen and oxygen atoms in total. The molecule has 0 atom stereocenters. The molecule has 1 N–H and O–H groups in total. The third kappa shape index (κ3) is 3.50. The van der Waals surface area contributed by atoms with Gasteiger partial charge in [0.1, 0.15) is 18.1 Å². The summed E-state index contributed by atoms with van der Waals surface area (Å²) in [4.78, 5) is 0. The highest BCUT2D eigenvalue weighted by Gasteiger charge is 2.02. The van der Waals surface area contributed by atoms with Crippen LogP contribution in [0.15, 0.2) is 46.9 Å². The summed E-state index contributed by atoms with van der Waals surface area (Å²) in [6.45, 7) is 0.490. The van der Waals surface area contributed by atoms with Crippen molar-refractivity contribution in [2.24, 2.45) is 0 Å². The molecule has 0 unspecified atom stereocenters. The average Bonchev–Trinajstić information content (AvgIpc) is 2.39. The van der Waals surface area contributed by atoms with E-state index in [9.17, 15) is 5.11 Å². The van der Waals surface area contributed by atoms with Gasteiger partial charge in [-0.1, -0.05) is 44.0 Å². The summed E-state index contributed by atoms with van der Waals surface area (Å²) < 4.78 is 6.77. The van der Waals surface area contributed by atoms with Gasteiger partial charge in [0.15, 0.2) is 0 Å². The van der Waals surface area contributed by atoms with Crippen LogP contribution in [0, 0.1) is 0 Å². The number of benzene rings is 2. The summed E-state index contributed by atoms with van der Waals surface area (Å²) in [5, 5.41) is 9.97. The molecule has 0 radical (unpaired) electrons. The van der Waals surface area contributed by atoms with E-state index in [-0.39, 0.29) is 5.75 Å². The Hall–Kier alpha value is -1.000. The molecule has 0 fully saturated rings. The zero-order chi connectivity index (χ0) is 13.0. The fraction of sp³-hybridized carbons (Fsp3) is 0.143. The molecule has 0 saturated carbocycles. The number of phenolic OH excluding ortho intramolecular Hbond substituents is 1. The zero-order valence-electron chi connectivity index (χ0n) is 9.57. The van der Waals surface area contributed by atoms with Crippen molar-refractivity contribution < 1.29 is 9.84 Å². The molecule has 18 heavy (non-hydrogen) atoms. The molecule has 0 heterocycles. The SMILES string of the molecule is Oc1ccc(COc2ccc(Br)c(CBr)c2)cc1. The molecule has 0 aliphatic carbocycles. The minimum absolute atomic E-state index is 0.268. The van der Waals surface area contributed by atoms with Gasteiger partial charge in [-0.25, -0.2) is 0 Å². The van der Waals surface area contributed by atoms with Crippen LogP contribution >= 0.6 is 31.9 Å². The quantitative estimate of drug-likeness (QED) is 0.794. The first kappa shape index (κ1) is 13.4. The second-order valence-electron chi connectivity index (χ2n) is 3.84. The first-order valence-corrected chi connectivity index (χ1v) is 7.35. The topological polar surface area (TPSA) is 29.5 Å². The first-order chi connectivity index (χ1) is 8.69. The molecule has 0 aromatic heterocycles. The Morgan fingerprint density at radius 2 is 1.78 bits per heavy atom. The summed E-state index contributed by atoms with van der Waals surface area (Å²) in [6.07, 6.45) is 0. The van der Waals surface area contributed by atoms with Gasteiger partial charge in [0, 0.05) is 9.80 Å². The van der Waals surface area contributed by atoms with E-state index in [0.29, 0.717) is 6.61 Å². The highest BCUT2D eigenvalue weighted by atomic mass is 79.9. The highest BCUT2D eigenvalue weighted by Crippen LogP contribution is 2.25. The van der Waals surface area contributed by atoms with Gasteiger partial charge in [0.2, 0.25) is 0 Å². The summed E-state index contributed by atoms with van der Waals surface area (Å²) in [7, 11) is 0. The number of alkyl halides is 1. The van der Waals surface area contributed by atoms with Crippen molar-refractivity contribution in [3.63, 3.8) is 0 Å². The Kier molecular flexibility index (Phi) is 4.66. The van der Waals surface area contributed by atoms with Crippen molar-refractivity contribution in [1.82, 2.24) is 0 Å². The molecular weight excluding hydrogens is 360 g/mol. The maximum absolute atomic E-state index is 9.19. The predicted octanol–water partition coefficient (Wildman–Crippen LogP) is 4.63. The monoisotopic (exact) mass is 370 g/mol. The maximum Gasteiger partial charge on any atom is 0.120 e. The number of halogens is 2. The molecule has 0 amide bonds.